The summed E-state index contributed by atoms with van der Waals surface area (Å²) in [6.45, 7) is 5.32. The van der Waals surface area contributed by atoms with Gasteiger partial charge in [0.2, 0.25) is 10.0 Å². The fraction of sp³-hybridized carbons (Fsp3) is 0.625. The Balaban J connectivity index is 3.01. The van der Waals surface area contributed by atoms with Crippen molar-refractivity contribution in [1.29, 1.82) is 0 Å². The average molecular weight is 232 g/mol. The molecule has 0 unspecified atom stereocenters. The van der Waals surface area contributed by atoms with Crippen LogP contribution in [0.2, 0.25) is 0 Å². The highest BCUT2D eigenvalue weighted by molar-refractivity contribution is 7.89. The zero-order chi connectivity index (χ0) is 11.7. The number of nitrogens with two attached hydrogens (primary N) is 1. The standard InChI is InChI=1S/C8H16N4O2S/c1-6-7(4-10-11-6)15(13,14)12-8(2,3)5-9/h4,12H,5,9H2,1-3H3,(H,10,11). The monoisotopic (exact) mass is 232 g/mol. The van der Waals surface area contributed by atoms with E-state index in [1.807, 2.05) is 0 Å². The van der Waals surface area contributed by atoms with E-state index in [0.717, 1.165) is 0 Å². The first-order valence-corrected chi connectivity index (χ1v) is 6.01. The summed E-state index contributed by atoms with van der Waals surface area (Å²) >= 11 is 0. The minimum atomic E-state index is -3.54. The van der Waals surface area contributed by atoms with Crippen LogP contribution in [-0.4, -0.2) is 30.7 Å². The number of aromatic nitrogens is 2. The molecule has 0 aliphatic heterocycles. The smallest absolute Gasteiger partial charge is 0.244 e. The summed E-state index contributed by atoms with van der Waals surface area (Å²) in [5, 5.41) is 6.25. The molecule has 1 heterocycles. The summed E-state index contributed by atoms with van der Waals surface area (Å²) in [4.78, 5) is 0.157. The zero-order valence-electron chi connectivity index (χ0n) is 9.03. The lowest BCUT2D eigenvalue weighted by molar-refractivity contribution is 0.462. The second kappa shape index (κ2) is 3.92. The summed E-state index contributed by atoms with van der Waals surface area (Å²) in [5.41, 5.74) is 5.30. The van der Waals surface area contributed by atoms with E-state index in [4.69, 9.17) is 5.73 Å². The van der Waals surface area contributed by atoms with Crippen molar-refractivity contribution in [3.8, 4) is 0 Å². The maximum Gasteiger partial charge on any atom is 0.244 e. The molecule has 0 aromatic carbocycles. The van der Waals surface area contributed by atoms with Crippen molar-refractivity contribution in [3.05, 3.63) is 11.9 Å². The summed E-state index contributed by atoms with van der Waals surface area (Å²) in [7, 11) is -3.54. The fourth-order valence-electron chi connectivity index (χ4n) is 1.07. The van der Waals surface area contributed by atoms with Crippen LogP contribution in [-0.2, 0) is 10.0 Å². The van der Waals surface area contributed by atoms with E-state index in [1.54, 1.807) is 20.8 Å². The molecule has 0 saturated heterocycles. The van der Waals surface area contributed by atoms with Gasteiger partial charge in [-0.05, 0) is 20.8 Å². The van der Waals surface area contributed by atoms with Gasteiger partial charge < -0.3 is 5.73 Å². The Labute approximate surface area is 89.3 Å². The first kappa shape index (κ1) is 12.2. The van der Waals surface area contributed by atoms with E-state index in [2.05, 4.69) is 14.9 Å². The lowest BCUT2D eigenvalue weighted by Crippen LogP contribution is -2.48. The van der Waals surface area contributed by atoms with Crippen LogP contribution in [0.5, 0.6) is 0 Å². The third-order valence-corrected chi connectivity index (χ3v) is 3.81. The van der Waals surface area contributed by atoms with E-state index < -0.39 is 15.6 Å². The molecule has 1 aromatic rings. The van der Waals surface area contributed by atoms with Crippen LogP contribution in [0.4, 0.5) is 0 Å². The SMILES string of the molecule is Cc1[nH]ncc1S(=O)(=O)NC(C)(C)CN. The van der Waals surface area contributed by atoms with Gasteiger partial charge in [0.1, 0.15) is 4.90 Å². The van der Waals surface area contributed by atoms with Crippen LogP contribution in [0.25, 0.3) is 0 Å². The van der Waals surface area contributed by atoms with Gasteiger partial charge in [0.05, 0.1) is 11.9 Å². The van der Waals surface area contributed by atoms with E-state index in [9.17, 15) is 8.42 Å². The largest absolute Gasteiger partial charge is 0.329 e. The van der Waals surface area contributed by atoms with Gasteiger partial charge in [-0.3, -0.25) is 5.10 Å². The van der Waals surface area contributed by atoms with E-state index >= 15 is 0 Å². The number of rotatable bonds is 4. The highest BCUT2D eigenvalue weighted by Gasteiger charge is 2.26. The fourth-order valence-corrected chi connectivity index (χ4v) is 2.63. The van der Waals surface area contributed by atoms with Gasteiger partial charge in [-0.2, -0.15) is 5.10 Å². The van der Waals surface area contributed by atoms with Crippen molar-refractivity contribution in [2.24, 2.45) is 5.73 Å². The Kier molecular flexibility index (Phi) is 3.17. The highest BCUT2D eigenvalue weighted by Crippen LogP contribution is 2.13. The molecule has 0 amide bonds. The van der Waals surface area contributed by atoms with Gasteiger partial charge in [0.15, 0.2) is 0 Å². The number of hydrogen-bond donors (Lipinski definition) is 3. The number of nitrogens with zero attached hydrogens (tertiary/aromatic N) is 1. The number of nitrogens with one attached hydrogen (secondary N) is 2. The minimum Gasteiger partial charge on any atom is -0.329 e. The Hall–Kier alpha value is -0.920. The minimum absolute atomic E-state index is 0.157. The first-order chi connectivity index (χ1) is 6.78. The van der Waals surface area contributed by atoms with Crippen LogP contribution in [0.15, 0.2) is 11.1 Å². The molecule has 0 aliphatic rings. The lowest BCUT2D eigenvalue weighted by atomic mass is 10.1. The van der Waals surface area contributed by atoms with Crippen LogP contribution >= 0.6 is 0 Å². The molecule has 15 heavy (non-hydrogen) atoms. The van der Waals surface area contributed by atoms with Gasteiger partial charge in [-0.15, -0.1) is 0 Å². The van der Waals surface area contributed by atoms with Crippen molar-refractivity contribution < 1.29 is 8.42 Å². The molecule has 4 N–H and O–H groups in total. The van der Waals surface area contributed by atoms with Gasteiger partial charge in [0, 0.05) is 12.1 Å². The van der Waals surface area contributed by atoms with Gasteiger partial charge in [-0.1, -0.05) is 0 Å². The molecule has 6 nitrogen and oxygen atoms in total. The Bertz CT molecular complexity index is 435. The highest BCUT2D eigenvalue weighted by atomic mass is 32.2. The number of hydrogen-bond acceptors (Lipinski definition) is 4. The van der Waals surface area contributed by atoms with Crippen LogP contribution in [0, 0.1) is 6.92 Å². The second-order valence-corrected chi connectivity index (χ2v) is 5.70. The molecule has 0 bridgehead atoms. The molecule has 1 rings (SSSR count). The van der Waals surface area contributed by atoms with Crippen LogP contribution < -0.4 is 10.5 Å². The maximum atomic E-state index is 11.9. The van der Waals surface area contributed by atoms with Crippen LogP contribution in [0.3, 0.4) is 0 Å². The molecular weight excluding hydrogens is 216 g/mol. The van der Waals surface area contributed by atoms with Gasteiger partial charge in [0.25, 0.3) is 0 Å². The third-order valence-electron chi connectivity index (χ3n) is 1.99. The average Bonchev–Trinajstić information content (AvgIpc) is 2.50. The molecule has 0 saturated carbocycles. The van der Waals surface area contributed by atoms with Crippen molar-refractivity contribution in [2.45, 2.75) is 31.2 Å². The predicted molar refractivity (Wildman–Crippen MR) is 56.8 cm³/mol. The molecule has 0 atom stereocenters. The summed E-state index contributed by atoms with van der Waals surface area (Å²) in [5.74, 6) is 0. The molecule has 0 aliphatic carbocycles. The Morgan fingerprint density at radius 1 is 1.60 bits per heavy atom. The van der Waals surface area contributed by atoms with Gasteiger partial charge >= 0.3 is 0 Å². The number of H-pyrrole nitrogens is 1. The summed E-state index contributed by atoms with van der Waals surface area (Å²) in [6, 6.07) is 0. The molecule has 7 heteroatoms. The van der Waals surface area contributed by atoms with Crippen molar-refractivity contribution in [2.75, 3.05) is 6.54 Å². The van der Waals surface area contributed by atoms with E-state index in [0.29, 0.717) is 5.69 Å². The zero-order valence-corrected chi connectivity index (χ0v) is 9.85. The molecule has 0 fully saturated rings. The third kappa shape index (κ3) is 2.77. The lowest BCUT2D eigenvalue weighted by Gasteiger charge is -2.23. The molecule has 1 aromatic heterocycles. The van der Waals surface area contributed by atoms with Crippen LogP contribution in [0.1, 0.15) is 19.5 Å². The summed E-state index contributed by atoms with van der Waals surface area (Å²) < 4.78 is 26.2. The number of aromatic amines is 1. The number of sulfonamides is 1. The van der Waals surface area contributed by atoms with Crippen molar-refractivity contribution in [3.63, 3.8) is 0 Å². The van der Waals surface area contributed by atoms with Crippen molar-refractivity contribution in [1.82, 2.24) is 14.9 Å². The summed E-state index contributed by atoms with van der Waals surface area (Å²) in [6.07, 6.45) is 1.28. The first-order valence-electron chi connectivity index (χ1n) is 4.52. The maximum absolute atomic E-state index is 11.9. The second-order valence-electron chi connectivity index (χ2n) is 4.05. The number of aryl methyl sites for hydroxylation is 1. The molecular formula is C8H16N4O2S. The Morgan fingerprint density at radius 2 is 2.20 bits per heavy atom. The Morgan fingerprint density at radius 3 is 2.60 bits per heavy atom. The topological polar surface area (TPSA) is 101 Å². The molecule has 0 radical (unpaired) electrons. The van der Waals surface area contributed by atoms with E-state index in [1.165, 1.54) is 6.20 Å². The molecule has 86 valence electrons. The van der Waals surface area contributed by atoms with Gasteiger partial charge in [-0.25, -0.2) is 13.1 Å². The predicted octanol–water partition coefficient (Wildman–Crippen LogP) is -0.266. The molecule has 0 spiro atoms. The van der Waals surface area contributed by atoms with E-state index in [-0.39, 0.29) is 11.4 Å². The normalized spacial score (nSPS) is 13.1. The quantitative estimate of drug-likeness (QED) is 0.665. The van der Waals surface area contributed by atoms with Crippen molar-refractivity contribution >= 4 is 10.0 Å².